The van der Waals surface area contributed by atoms with Gasteiger partial charge in [0, 0.05) is 18.2 Å². The first-order chi connectivity index (χ1) is 16.7. The summed E-state index contributed by atoms with van der Waals surface area (Å²) < 4.78 is 91.1. The molecule has 1 aliphatic rings. The maximum absolute atomic E-state index is 14.8. The van der Waals surface area contributed by atoms with Crippen LogP contribution in [0.4, 0.5) is 26.3 Å². The quantitative estimate of drug-likeness (QED) is 0.339. The van der Waals surface area contributed by atoms with Gasteiger partial charge in [0.15, 0.2) is 17.9 Å². The fourth-order valence-corrected chi connectivity index (χ4v) is 3.28. The molecule has 196 valence electrons. The van der Waals surface area contributed by atoms with Crippen molar-refractivity contribution in [3.63, 3.8) is 0 Å². The summed E-state index contributed by atoms with van der Waals surface area (Å²) in [5, 5.41) is 6.89. The molecule has 1 atom stereocenters. The molecule has 0 spiro atoms. The number of ether oxygens (including phenoxy) is 2. The minimum absolute atomic E-state index is 0.111. The molecule has 0 radical (unpaired) electrons. The lowest BCUT2D eigenvalue weighted by atomic mass is 9.84. The molecular formula is C22H21F6N3O5. The number of carbonyl (C=O) groups is 2. The molecular weight excluding hydrogens is 500 g/mol. The third-order valence-electron chi connectivity index (χ3n) is 4.96. The number of rotatable bonds is 6. The fraction of sp³-hybridized carbons (Fsp3) is 0.364. The van der Waals surface area contributed by atoms with Gasteiger partial charge >= 0.3 is 6.18 Å². The van der Waals surface area contributed by atoms with Crippen LogP contribution in [-0.4, -0.2) is 60.1 Å². The van der Waals surface area contributed by atoms with E-state index in [2.05, 4.69) is 14.7 Å². The number of ketones is 1. The van der Waals surface area contributed by atoms with E-state index in [1.165, 1.54) is 18.3 Å². The van der Waals surface area contributed by atoms with Crippen LogP contribution in [0.25, 0.3) is 0 Å². The Hall–Kier alpha value is -3.68. The van der Waals surface area contributed by atoms with E-state index in [1.807, 2.05) is 0 Å². The minimum Gasteiger partial charge on any atom is -0.483 e. The Kier molecular flexibility index (Phi) is 9.02. The number of carbonyl (C=O) groups excluding carboxylic acids is 1. The van der Waals surface area contributed by atoms with E-state index < -0.39 is 54.4 Å². The smallest absolute Gasteiger partial charge is 0.422 e. The molecule has 0 saturated carbocycles. The summed E-state index contributed by atoms with van der Waals surface area (Å²) in [5.41, 5.74) is 2.41. The lowest BCUT2D eigenvalue weighted by molar-refractivity contribution is -0.153. The number of Topliss-reactive ketones (excluding diaryl/α,β-unsaturated/α-hetero) is 1. The normalized spacial score (nSPS) is 19.2. The van der Waals surface area contributed by atoms with Crippen LogP contribution in [-0.2, 0) is 21.5 Å². The molecule has 3 N–H and O–H groups in total. The predicted molar refractivity (Wildman–Crippen MR) is 114 cm³/mol. The molecule has 0 unspecified atom stereocenters. The zero-order valence-electron chi connectivity index (χ0n) is 18.7. The second-order valence-corrected chi connectivity index (χ2v) is 7.65. The summed E-state index contributed by atoms with van der Waals surface area (Å²) >= 11 is 0. The van der Waals surface area contributed by atoms with Crippen molar-refractivity contribution < 1.29 is 50.5 Å². The van der Waals surface area contributed by atoms with Gasteiger partial charge in [-0.1, -0.05) is 6.07 Å². The summed E-state index contributed by atoms with van der Waals surface area (Å²) in [5.74, 6) is -6.03. The Bertz CT molecular complexity index is 1130. The van der Waals surface area contributed by atoms with Crippen molar-refractivity contribution in [2.45, 2.75) is 31.0 Å². The van der Waals surface area contributed by atoms with E-state index in [4.69, 9.17) is 20.4 Å². The van der Waals surface area contributed by atoms with Crippen molar-refractivity contribution in [2.75, 3.05) is 19.8 Å². The molecule has 1 aromatic heterocycles. The van der Waals surface area contributed by atoms with Crippen LogP contribution < -0.4 is 10.5 Å². The third kappa shape index (κ3) is 6.93. The number of halogens is 6. The van der Waals surface area contributed by atoms with Gasteiger partial charge in [0.2, 0.25) is 0 Å². The molecule has 14 heteroatoms. The molecule has 1 aliphatic heterocycles. The van der Waals surface area contributed by atoms with E-state index in [9.17, 15) is 31.1 Å². The van der Waals surface area contributed by atoms with Gasteiger partial charge in [-0.25, -0.2) is 18.2 Å². The van der Waals surface area contributed by atoms with Crippen LogP contribution in [0.1, 0.15) is 28.5 Å². The minimum atomic E-state index is -4.63. The van der Waals surface area contributed by atoms with Crippen molar-refractivity contribution in [2.24, 2.45) is 10.7 Å². The van der Waals surface area contributed by atoms with Crippen LogP contribution in [0.15, 0.2) is 41.5 Å². The molecule has 0 aliphatic carbocycles. The Morgan fingerprint density at radius 1 is 1.31 bits per heavy atom. The molecule has 2 heterocycles. The molecule has 0 bridgehead atoms. The summed E-state index contributed by atoms with van der Waals surface area (Å²) in [4.78, 5) is 28.6. The van der Waals surface area contributed by atoms with Crippen molar-refractivity contribution in [3.8, 4) is 5.75 Å². The number of aromatic nitrogens is 1. The van der Waals surface area contributed by atoms with Gasteiger partial charge in [0.05, 0.1) is 0 Å². The Balaban J connectivity index is 0.00000145. The molecule has 0 saturated heterocycles. The summed E-state index contributed by atoms with van der Waals surface area (Å²) in [6.07, 6.45) is -3.91. The molecule has 3 rings (SSSR count). The van der Waals surface area contributed by atoms with E-state index in [0.717, 1.165) is 25.1 Å². The molecule has 2 aromatic rings. The molecule has 8 nitrogen and oxygen atoms in total. The SMILES string of the molecule is C[C@]1(c2cc(CC(=O)c3ncccc3OCC(F)(F)F)ccc2F)N=C(N)COCC1(F)F.O=CO. The van der Waals surface area contributed by atoms with Crippen molar-refractivity contribution in [1.82, 2.24) is 4.98 Å². The Labute approximate surface area is 200 Å². The van der Waals surface area contributed by atoms with Crippen molar-refractivity contribution in [1.29, 1.82) is 0 Å². The van der Waals surface area contributed by atoms with E-state index in [0.29, 0.717) is 0 Å². The lowest BCUT2D eigenvalue weighted by Crippen LogP contribution is -2.45. The second-order valence-electron chi connectivity index (χ2n) is 7.65. The number of alkyl halides is 5. The first-order valence-corrected chi connectivity index (χ1v) is 10.1. The van der Waals surface area contributed by atoms with Crippen LogP contribution in [0.3, 0.4) is 0 Å². The highest BCUT2D eigenvalue weighted by molar-refractivity contribution is 5.98. The number of hydrogen-bond donors (Lipinski definition) is 2. The summed E-state index contributed by atoms with van der Waals surface area (Å²) in [6, 6.07) is 5.57. The summed E-state index contributed by atoms with van der Waals surface area (Å²) in [6.45, 7) is -2.29. The van der Waals surface area contributed by atoms with Crippen molar-refractivity contribution >= 4 is 18.1 Å². The Morgan fingerprint density at radius 2 is 1.97 bits per heavy atom. The van der Waals surface area contributed by atoms with Crippen LogP contribution >= 0.6 is 0 Å². The number of carboxylic acid groups (broad SMARTS) is 1. The van der Waals surface area contributed by atoms with E-state index in [1.54, 1.807) is 0 Å². The van der Waals surface area contributed by atoms with E-state index in [-0.39, 0.29) is 35.9 Å². The van der Waals surface area contributed by atoms with Gasteiger partial charge in [-0.05, 0) is 36.8 Å². The highest BCUT2D eigenvalue weighted by atomic mass is 19.4. The van der Waals surface area contributed by atoms with Crippen LogP contribution in [0, 0.1) is 5.82 Å². The topological polar surface area (TPSA) is 124 Å². The van der Waals surface area contributed by atoms with Gasteiger partial charge in [-0.15, -0.1) is 0 Å². The average Bonchev–Trinajstić information content (AvgIpc) is 2.88. The summed E-state index contributed by atoms with van der Waals surface area (Å²) in [7, 11) is 0. The van der Waals surface area contributed by atoms with E-state index >= 15 is 0 Å². The van der Waals surface area contributed by atoms with Gasteiger partial charge in [-0.2, -0.15) is 13.2 Å². The van der Waals surface area contributed by atoms with Gasteiger partial charge in [-0.3, -0.25) is 14.6 Å². The predicted octanol–water partition coefficient (Wildman–Crippen LogP) is 3.53. The van der Waals surface area contributed by atoms with Gasteiger partial charge in [0.25, 0.3) is 12.4 Å². The number of aliphatic imine (C=N–C) groups is 1. The lowest BCUT2D eigenvalue weighted by Gasteiger charge is -2.33. The number of benzene rings is 1. The molecule has 0 fully saturated rings. The second kappa shape index (κ2) is 11.4. The van der Waals surface area contributed by atoms with Crippen LogP contribution in [0.2, 0.25) is 0 Å². The number of hydrogen-bond acceptors (Lipinski definition) is 7. The number of nitrogens with two attached hydrogens (primary N) is 1. The fourth-order valence-electron chi connectivity index (χ4n) is 3.28. The third-order valence-corrected chi connectivity index (χ3v) is 4.96. The average molecular weight is 521 g/mol. The highest BCUT2D eigenvalue weighted by Crippen LogP contribution is 2.43. The number of nitrogens with zero attached hydrogens (tertiary/aromatic N) is 2. The zero-order chi connectivity index (χ0) is 27.1. The largest absolute Gasteiger partial charge is 0.483 e. The Morgan fingerprint density at radius 3 is 2.61 bits per heavy atom. The zero-order valence-corrected chi connectivity index (χ0v) is 18.7. The molecule has 1 aromatic carbocycles. The maximum atomic E-state index is 14.8. The number of amidine groups is 1. The standard InChI is InChI=1S/C21H19F6N3O3.CH2O2/c1-19(20(23,24)10-32-9-17(28)30-19)13-7-12(4-5-14(13)22)8-15(31)18-16(3-2-6-29-18)33-11-21(25,26)27;2-1-3/h2-7H,8-11H2,1H3,(H2,28,30);1H,(H,2,3)/t19-;/m1./s1. The maximum Gasteiger partial charge on any atom is 0.422 e. The first-order valence-electron chi connectivity index (χ1n) is 10.1. The highest BCUT2D eigenvalue weighted by Gasteiger charge is 2.54. The van der Waals surface area contributed by atoms with Gasteiger partial charge in [0.1, 0.15) is 36.3 Å². The molecule has 0 amide bonds. The van der Waals surface area contributed by atoms with Crippen LogP contribution in [0.5, 0.6) is 5.75 Å². The molecule has 36 heavy (non-hydrogen) atoms. The van der Waals surface area contributed by atoms with Crippen molar-refractivity contribution in [3.05, 3.63) is 59.2 Å². The van der Waals surface area contributed by atoms with Gasteiger partial charge < -0.3 is 20.3 Å². The number of pyridine rings is 1. The monoisotopic (exact) mass is 521 g/mol. The first kappa shape index (κ1) is 28.6.